The molecular weight excluding hydrogens is 456 g/mol. The summed E-state index contributed by atoms with van der Waals surface area (Å²) in [7, 11) is 1.54. The first-order valence-corrected chi connectivity index (χ1v) is 8.87. The van der Waals surface area contributed by atoms with Crippen molar-refractivity contribution in [1.82, 2.24) is 5.43 Å². The number of nitrogens with zero attached hydrogens (tertiary/aromatic N) is 1. The van der Waals surface area contributed by atoms with Crippen LogP contribution < -0.4 is 14.9 Å². The maximum Gasteiger partial charge on any atom is 0.275 e. The first-order valence-electron chi connectivity index (χ1n) is 7.28. The Balaban J connectivity index is 2.15. The lowest BCUT2D eigenvalue weighted by atomic mass is 10.2. The minimum Gasteiger partial charge on any atom is -0.507 e. The fraction of sp³-hybridized carbons (Fsp3) is 0.176. The van der Waals surface area contributed by atoms with Crippen molar-refractivity contribution in [2.24, 2.45) is 5.10 Å². The molecule has 132 valence electrons. The highest BCUT2D eigenvalue weighted by Gasteiger charge is 2.12. The normalized spacial score (nSPS) is 10.7. The monoisotopic (exact) mass is 470 g/mol. The largest absolute Gasteiger partial charge is 0.507 e. The van der Waals surface area contributed by atoms with Gasteiger partial charge in [-0.25, -0.2) is 5.43 Å². The Bertz CT molecular complexity index is 809. The number of benzene rings is 2. The van der Waals surface area contributed by atoms with Gasteiger partial charge in [-0.15, -0.1) is 0 Å². The molecule has 0 aromatic heterocycles. The molecule has 0 saturated heterocycles. The lowest BCUT2D eigenvalue weighted by Crippen LogP contribution is -2.17. The molecule has 0 spiro atoms. The number of hydrogen-bond donors (Lipinski definition) is 2. The molecule has 25 heavy (non-hydrogen) atoms. The zero-order chi connectivity index (χ0) is 18.4. The Kier molecular flexibility index (Phi) is 6.83. The van der Waals surface area contributed by atoms with Crippen molar-refractivity contribution in [3.8, 4) is 17.2 Å². The van der Waals surface area contributed by atoms with E-state index in [9.17, 15) is 9.90 Å². The van der Waals surface area contributed by atoms with E-state index in [-0.39, 0.29) is 11.3 Å². The van der Waals surface area contributed by atoms with Crippen molar-refractivity contribution in [3.63, 3.8) is 0 Å². The number of aromatic hydroxyl groups is 1. The highest BCUT2D eigenvalue weighted by Crippen LogP contribution is 2.36. The van der Waals surface area contributed by atoms with Crippen LogP contribution in [-0.4, -0.2) is 30.9 Å². The van der Waals surface area contributed by atoms with E-state index < -0.39 is 5.91 Å². The summed E-state index contributed by atoms with van der Waals surface area (Å²) in [5, 5.41) is 13.7. The van der Waals surface area contributed by atoms with Crippen molar-refractivity contribution < 1.29 is 19.4 Å². The Morgan fingerprint density at radius 2 is 2.08 bits per heavy atom. The van der Waals surface area contributed by atoms with Crippen LogP contribution in [0.1, 0.15) is 22.8 Å². The third-order valence-electron chi connectivity index (χ3n) is 3.12. The van der Waals surface area contributed by atoms with Crippen LogP contribution in [0.15, 0.2) is 44.4 Å². The molecule has 1 amide bonds. The number of methoxy groups -OCH3 is 1. The number of ether oxygens (including phenoxy) is 2. The fourth-order valence-corrected chi connectivity index (χ4v) is 2.95. The highest BCUT2D eigenvalue weighted by molar-refractivity contribution is 9.10. The maximum atomic E-state index is 12.1. The Morgan fingerprint density at radius 3 is 2.76 bits per heavy atom. The first kappa shape index (κ1) is 19.3. The number of hydrazone groups is 1. The lowest BCUT2D eigenvalue weighted by Gasteiger charge is -2.12. The summed E-state index contributed by atoms with van der Waals surface area (Å²) in [6.07, 6.45) is 1.47. The minimum absolute atomic E-state index is 0.122. The standard InChI is InChI=1S/C17H16Br2N2O4/c1-3-25-16-13(19)6-10(7-15(16)24-2)9-20-21-17(23)12-8-11(18)4-5-14(12)22/h4-9,22H,3H2,1-2H3,(H,21,23)/b20-9+. The smallest absolute Gasteiger partial charge is 0.275 e. The molecule has 8 heteroatoms. The number of halogens is 2. The second kappa shape index (κ2) is 8.87. The van der Waals surface area contributed by atoms with Crippen molar-refractivity contribution in [2.45, 2.75) is 6.92 Å². The zero-order valence-corrected chi connectivity index (χ0v) is 16.7. The number of amides is 1. The Morgan fingerprint density at radius 1 is 1.32 bits per heavy atom. The SMILES string of the molecule is CCOc1c(Br)cc(/C=N/NC(=O)c2cc(Br)ccc2O)cc1OC. The van der Waals surface area contributed by atoms with Gasteiger partial charge in [-0.3, -0.25) is 4.79 Å². The van der Waals surface area contributed by atoms with Gasteiger partial charge in [0.2, 0.25) is 0 Å². The quantitative estimate of drug-likeness (QED) is 0.491. The van der Waals surface area contributed by atoms with Crippen LogP contribution in [0.3, 0.4) is 0 Å². The summed E-state index contributed by atoms with van der Waals surface area (Å²) < 4.78 is 12.2. The van der Waals surface area contributed by atoms with Crippen LogP contribution >= 0.6 is 31.9 Å². The van der Waals surface area contributed by atoms with Gasteiger partial charge in [-0.1, -0.05) is 15.9 Å². The number of nitrogens with one attached hydrogen (secondary N) is 1. The number of carbonyl (C=O) groups is 1. The molecule has 2 rings (SSSR count). The third-order valence-corrected chi connectivity index (χ3v) is 4.21. The van der Waals surface area contributed by atoms with E-state index in [1.807, 2.05) is 6.92 Å². The van der Waals surface area contributed by atoms with Gasteiger partial charge in [0, 0.05) is 4.47 Å². The highest BCUT2D eigenvalue weighted by atomic mass is 79.9. The molecule has 0 bridgehead atoms. The number of rotatable bonds is 6. The number of phenolic OH excluding ortho intramolecular Hbond substituents is 1. The van der Waals surface area contributed by atoms with Crippen molar-refractivity contribution in [2.75, 3.05) is 13.7 Å². The van der Waals surface area contributed by atoms with Gasteiger partial charge in [0.1, 0.15) is 5.75 Å². The summed E-state index contributed by atoms with van der Waals surface area (Å²) >= 11 is 6.67. The molecule has 0 aliphatic carbocycles. The van der Waals surface area contributed by atoms with Crippen molar-refractivity contribution >= 4 is 44.0 Å². The molecule has 6 nitrogen and oxygen atoms in total. The van der Waals surface area contributed by atoms with E-state index >= 15 is 0 Å². The van der Waals surface area contributed by atoms with Gasteiger partial charge < -0.3 is 14.6 Å². The van der Waals surface area contributed by atoms with Crippen LogP contribution in [0.2, 0.25) is 0 Å². The van der Waals surface area contributed by atoms with E-state index in [0.717, 1.165) is 0 Å². The van der Waals surface area contributed by atoms with Gasteiger partial charge in [0.15, 0.2) is 11.5 Å². The van der Waals surface area contributed by atoms with Crippen LogP contribution in [-0.2, 0) is 0 Å². The number of carbonyl (C=O) groups excluding carboxylic acids is 1. The number of hydrogen-bond acceptors (Lipinski definition) is 5. The average Bonchev–Trinajstić information content (AvgIpc) is 2.59. The molecule has 2 aromatic rings. The van der Waals surface area contributed by atoms with Crippen LogP contribution in [0.25, 0.3) is 0 Å². The van der Waals surface area contributed by atoms with Gasteiger partial charge in [0.05, 0.1) is 30.0 Å². The third kappa shape index (κ3) is 4.96. The molecule has 0 fully saturated rings. The predicted molar refractivity (Wildman–Crippen MR) is 103 cm³/mol. The second-order valence-electron chi connectivity index (χ2n) is 4.83. The molecule has 2 aromatic carbocycles. The first-order chi connectivity index (χ1) is 12.0. The van der Waals surface area contributed by atoms with Crippen LogP contribution in [0.4, 0.5) is 0 Å². The van der Waals surface area contributed by atoms with E-state index in [0.29, 0.717) is 32.6 Å². The molecule has 0 radical (unpaired) electrons. The van der Waals surface area contributed by atoms with Crippen molar-refractivity contribution in [1.29, 1.82) is 0 Å². The summed E-state index contributed by atoms with van der Waals surface area (Å²) in [5.74, 6) is 0.507. The minimum atomic E-state index is -0.521. The van der Waals surface area contributed by atoms with E-state index in [2.05, 4.69) is 42.4 Å². The average molecular weight is 472 g/mol. The number of phenols is 1. The zero-order valence-electron chi connectivity index (χ0n) is 13.5. The van der Waals surface area contributed by atoms with Gasteiger partial charge in [0.25, 0.3) is 5.91 Å². The molecule has 0 aliphatic rings. The predicted octanol–water partition coefficient (Wildman–Crippen LogP) is 4.09. The summed E-state index contributed by atoms with van der Waals surface area (Å²) in [6.45, 7) is 2.39. The van der Waals surface area contributed by atoms with Crippen LogP contribution in [0, 0.1) is 0 Å². The molecule has 0 aliphatic heterocycles. The molecule has 0 atom stereocenters. The van der Waals surface area contributed by atoms with E-state index in [1.54, 1.807) is 25.3 Å². The molecule has 0 heterocycles. The van der Waals surface area contributed by atoms with Crippen LogP contribution in [0.5, 0.6) is 17.2 Å². The van der Waals surface area contributed by atoms with E-state index in [1.165, 1.54) is 18.3 Å². The molecule has 2 N–H and O–H groups in total. The second-order valence-corrected chi connectivity index (χ2v) is 6.60. The van der Waals surface area contributed by atoms with E-state index in [4.69, 9.17) is 9.47 Å². The summed E-state index contributed by atoms with van der Waals surface area (Å²) in [4.78, 5) is 12.1. The van der Waals surface area contributed by atoms with Crippen molar-refractivity contribution in [3.05, 3.63) is 50.4 Å². The summed E-state index contributed by atoms with van der Waals surface area (Å²) in [6, 6.07) is 8.11. The molecular formula is C17H16Br2N2O4. The molecule has 0 unspecified atom stereocenters. The van der Waals surface area contributed by atoms with Gasteiger partial charge in [-0.2, -0.15) is 5.10 Å². The fourth-order valence-electron chi connectivity index (χ4n) is 2.01. The van der Waals surface area contributed by atoms with Gasteiger partial charge in [-0.05, 0) is 58.7 Å². The molecule has 0 saturated carbocycles. The Hall–Kier alpha value is -2.06. The lowest BCUT2D eigenvalue weighted by molar-refractivity contribution is 0.0952. The maximum absolute atomic E-state index is 12.1. The van der Waals surface area contributed by atoms with Gasteiger partial charge >= 0.3 is 0 Å². The summed E-state index contributed by atoms with van der Waals surface area (Å²) in [5.41, 5.74) is 3.20. The topological polar surface area (TPSA) is 80.2 Å². The Labute approximate surface area is 162 Å².